The van der Waals surface area contributed by atoms with Crippen LogP contribution in [0.15, 0.2) is 24.3 Å². The summed E-state index contributed by atoms with van der Waals surface area (Å²) in [5.41, 5.74) is 8.47. The van der Waals surface area contributed by atoms with Gasteiger partial charge in [0.1, 0.15) is 0 Å². The highest BCUT2D eigenvalue weighted by Crippen LogP contribution is 2.40. The number of carbonyl (C=O) groups excluding carboxylic acids is 1. The van der Waals surface area contributed by atoms with E-state index in [0.717, 1.165) is 32.2 Å². The number of amides is 1. The molecule has 1 aromatic rings. The third-order valence-corrected chi connectivity index (χ3v) is 5.91. The van der Waals surface area contributed by atoms with Crippen LogP contribution in [0.2, 0.25) is 0 Å². The number of carbonyl (C=O) groups is 1. The lowest BCUT2D eigenvalue weighted by Gasteiger charge is -2.42. The number of benzene rings is 1. The summed E-state index contributed by atoms with van der Waals surface area (Å²) in [6.07, 6.45) is 5.61. The van der Waals surface area contributed by atoms with Crippen LogP contribution >= 0.6 is 0 Å². The Labute approximate surface area is 140 Å². The number of aryl methyl sites for hydroxylation is 1. The van der Waals surface area contributed by atoms with Gasteiger partial charge >= 0.3 is 0 Å². The Morgan fingerprint density at radius 1 is 1.17 bits per heavy atom. The average Bonchev–Trinajstić information content (AvgIpc) is 3.03. The lowest BCUT2D eigenvalue weighted by atomic mass is 9.84. The van der Waals surface area contributed by atoms with E-state index in [1.54, 1.807) is 0 Å². The highest BCUT2D eigenvalue weighted by Gasteiger charge is 2.40. The molecule has 1 aliphatic carbocycles. The van der Waals surface area contributed by atoms with Crippen molar-refractivity contribution in [2.24, 2.45) is 23.5 Å². The van der Waals surface area contributed by atoms with Crippen molar-refractivity contribution in [2.45, 2.75) is 52.0 Å². The third kappa shape index (κ3) is 3.30. The fourth-order valence-corrected chi connectivity index (χ4v) is 4.56. The zero-order valence-electron chi connectivity index (χ0n) is 14.5. The zero-order valence-corrected chi connectivity index (χ0v) is 14.5. The Hall–Kier alpha value is -1.35. The van der Waals surface area contributed by atoms with Crippen LogP contribution in [0.1, 0.15) is 56.2 Å². The van der Waals surface area contributed by atoms with Gasteiger partial charge < -0.3 is 10.6 Å². The summed E-state index contributed by atoms with van der Waals surface area (Å²) in [6.45, 7) is 5.95. The molecule has 0 bridgehead atoms. The number of nitrogens with zero attached hydrogens (tertiary/aromatic N) is 1. The van der Waals surface area contributed by atoms with E-state index in [1.165, 1.54) is 17.5 Å². The molecular weight excluding hydrogens is 284 g/mol. The van der Waals surface area contributed by atoms with E-state index in [9.17, 15) is 4.79 Å². The predicted molar refractivity (Wildman–Crippen MR) is 93.9 cm³/mol. The van der Waals surface area contributed by atoms with Crippen LogP contribution in [0, 0.1) is 24.7 Å². The van der Waals surface area contributed by atoms with Crippen molar-refractivity contribution in [1.29, 1.82) is 0 Å². The number of likely N-dealkylation sites (tertiary alicyclic amines) is 1. The van der Waals surface area contributed by atoms with Crippen LogP contribution in [-0.4, -0.2) is 23.9 Å². The molecule has 3 rings (SSSR count). The molecule has 4 atom stereocenters. The summed E-state index contributed by atoms with van der Waals surface area (Å²) in [4.78, 5) is 15.4. The van der Waals surface area contributed by atoms with Crippen LogP contribution in [0.5, 0.6) is 0 Å². The highest BCUT2D eigenvalue weighted by molar-refractivity contribution is 5.80. The van der Waals surface area contributed by atoms with Gasteiger partial charge in [-0.05, 0) is 56.6 Å². The molecule has 2 aliphatic rings. The zero-order chi connectivity index (χ0) is 16.4. The van der Waals surface area contributed by atoms with Crippen molar-refractivity contribution in [3.05, 3.63) is 35.4 Å². The Kier molecular flexibility index (Phi) is 5.05. The lowest BCUT2D eigenvalue weighted by molar-refractivity contribution is -0.142. The minimum absolute atomic E-state index is 0.151. The third-order valence-electron chi connectivity index (χ3n) is 5.91. The first-order valence-corrected chi connectivity index (χ1v) is 9.19. The summed E-state index contributed by atoms with van der Waals surface area (Å²) in [5.74, 6) is 1.42. The SMILES string of the molecule is Cc1ccc(C2C(C)CCCN2C(=O)[C@@H]2CCC[C@@H]2CN)cc1. The molecule has 2 N–H and O–H groups in total. The molecule has 3 nitrogen and oxygen atoms in total. The van der Waals surface area contributed by atoms with Crippen molar-refractivity contribution >= 4 is 5.91 Å². The number of hydrogen-bond acceptors (Lipinski definition) is 2. The van der Waals surface area contributed by atoms with Gasteiger partial charge in [-0.2, -0.15) is 0 Å². The van der Waals surface area contributed by atoms with Crippen molar-refractivity contribution in [1.82, 2.24) is 4.90 Å². The molecule has 0 radical (unpaired) electrons. The monoisotopic (exact) mass is 314 g/mol. The van der Waals surface area contributed by atoms with E-state index in [0.29, 0.717) is 24.3 Å². The molecular formula is C20H30N2O. The van der Waals surface area contributed by atoms with Crippen LogP contribution in [-0.2, 0) is 4.79 Å². The topological polar surface area (TPSA) is 46.3 Å². The minimum Gasteiger partial charge on any atom is -0.335 e. The molecule has 1 aromatic carbocycles. The summed E-state index contributed by atoms with van der Waals surface area (Å²) in [7, 11) is 0. The van der Waals surface area contributed by atoms with E-state index in [1.807, 2.05) is 0 Å². The number of hydrogen-bond donors (Lipinski definition) is 1. The van der Waals surface area contributed by atoms with Crippen molar-refractivity contribution < 1.29 is 4.79 Å². The maximum Gasteiger partial charge on any atom is 0.226 e. The van der Waals surface area contributed by atoms with Crippen molar-refractivity contribution in [3.8, 4) is 0 Å². The fourth-order valence-electron chi connectivity index (χ4n) is 4.56. The molecule has 1 saturated carbocycles. The smallest absolute Gasteiger partial charge is 0.226 e. The van der Waals surface area contributed by atoms with Gasteiger partial charge in [0.15, 0.2) is 0 Å². The highest BCUT2D eigenvalue weighted by atomic mass is 16.2. The van der Waals surface area contributed by atoms with Gasteiger partial charge in [-0.15, -0.1) is 0 Å². The molecule has 1 saturated heterocycles. The molecule has 1 heterocycles. The Bertz CT molecular complexity index is 539. The summed E-state index contributed by atoms with van der Waals surface area (Å²) in [5, 5.41) is 0. The summed E-state index contributed by atoms with van der Waals surface area (Å²) < 4.78 is 0. The van der Waals surface area contributed by atoms with Gasteiger partial charge in [0, 0.05) is 12.5 Å². The van der Waals surface area contributed by atoms with Gasteiger partial charge in [-0.25, -0.2) is 0 Å². The van der Waals surface area contributed by atoms with Crippen LogP contribution in [0.25, 0.3) is 0 Å². The fraction of sp³-hybridized carbons (Fsp3) is 0.650. The van der Waals surface area contributed by atoms with Gasteiger partial charge in [0.2, 0.25) is 5.91 Å². The number of rotatable bonds is 3. The van der Waals surface area contributed by atoms with E-state index >= 15 is 0 Å². The van der Waals surface area contributed by atoms with E-state index in [4.69, 9.17) is 5.73 Å². The van der Waals surface area contributed by atoms with Crippen LogP contribution in [0.4, 0.5) is 0 Å². The maximum absolute atomic E-state index is 13.2. The standard InChI is InChI=1S/C20H30N2O/c1-14-8-10-16(11-9-14)19-15(2)5-4-12-22(19)20(23)18-7-3-6-17(18)13-21/h8-11,15,17-19H,3-7,12-13,21H2,1-2H3/t15?,17-,18-,19?/m1/s1. The Morgan fingerprint density at radius 2 is 1.91 bits per heavy atom. The van der Waals surface area contributed by atoms with Crippen LogP contribution in [0.3, 0.4) is 0 Å². The van der Waals surface area contributed by atoms with E-state index < -0.39 is 0 Å². The molecule has 0 aromatic heterocycles. The second-order valence-electron chi connectivity index (χ2n) is 7.54. The summed E-state index contributed by atoms with van der Waals surface area (Å²) in [6, 6.07) is 8.97. The van der Waals surface area contributed by atoms with Crippen molar-refractivity contribution in [3.63, 3.8) is 0 Å². The lowest BCUT2D eigenvalue weighted by Crippen LogP contribution is -2.46. The number of piperidine rings is 1. The molecule has 126 valence electrons. The first-order chi connectivity index (χ1) is 11.1. The Balaban J connectivity index is 1.85. The summed E-state index contributed by atoms with van der Waals surface area (Å²) >= 11 is 0. The molecule has 1 amide bonds. The second-order valence-corrected chi connectivity index (χ2v) is 7.54. The maximum atomic E-state index is 13.2. The first-order valence-electron chi connectivity index (χ1n) is 9.19. The van der Waals surface area contributed by atoms with Crippen molar-refractivity contribution in [2.75, 3.05) is 13.1 Å². The molecule has 1 aliphatic heterocycles. The van der Waals surface area contributed by atoms with E-state index in [2.05, 4.69) is 43.0 Å². The molecule has 23 heavy (non-hydrogen) atoms. The van der Waals surface area contributed by atoms with Gasteiger partial charge in [0.05, 0.1) is 6.04 Å². The minimum atomic E-state index is 0.151. The van der Waals surface area contributed by atoms with Gasteiger partial charge in [-0.3, -0.25) is 4.79 Å². The second kappa shape index (κ2) is 7.04. The van der Waals surface area contributed by atoms with Crippen LogP contribution < -0.4 is 5.73 Å². The predicted octanol–water partition coefficient (Wildman–Crippen LogP) is 3.67. The largest absolute Gasteiger partial charge is 0.335 e. The quantitative estimate of drug-likeness (QED) is 0.925. The van der Waals surface area contributed by atoms with E-state index in [-0.39, 0.29) is 12.0 Å². The molecule has 3 heteroatoms. The Morgan fingerprint density at radius 3 is 2.61 bits per heavy atom. The molecule has 2 unspecified atom stereocenters. The van der Waals surface area contributed by atoms with Gasteiger partial charge in [0.25, 0.3) is 0 Å². The molecule has 2 fully saturated rings. The van der Waals surface area contributed by atoms with Gasteiger partial charge in [-0.1, -0.05) is 43.2 Å². The normalized spacial score (nSPS) is 31.3. The first kappa shape index (κ1) is 16.5. The molecule has 0 spiro atoms. The average molecular weight is 314 g/mol. The number of nitrogens with two attached hydrogens (primary N) is 1.